The standard InChI is InChI=1S/C20H26ClN3O2/c21-17-7-5-15(6-8-17)13-24-14-22-19(26)20(24)9-11-23(12-10-20)18(25)16-3-1-2-4-16/h5-8,16H,1-4,9-14H2,(H,22,26). The highest BCUT2D eigenvalue weighted by molar-refractivity contribution is 6.30. The predicted molar refractivity (Wildman–Crippen MR) is 101 cm³/mol. The minimum absolute atomic E-state index is 0.111. The molecule has 26 heavy (non-hydrogen) atoms. The zero-order valence-corrected chi connectivity index (χ0v) is 15.8. The molecule has 5 nitrogen and oxygen atoms in total. The predicted octanol–water partition coefficient (Wildman–Crippen LogP) is 2.78. The summed E-state index contributed by atoms with van der Waals surface area (Å²) in [5, 5.41) is 3.74. The van der Waals surface area contributed by atoms with Crippen LogP contribution in [-0.4, -0.2) is 46.9 Å². The molecule has 2 aliphatic heterocycles. The van der Waals surface area contributed by atoms with Gasteiger partial charge in [0.05, 0.1) is 6.67 Å². The van der Waals surface area contributed by atoms with E-state index in [0.29, 0.717) is 45.1 Å². The lowest BCUT2D eigenvalue weighted by Crippen LogP contribution is -2.57. The fourth-order valence-electron chi connectivity index (χ4n) is 4.72. The Morgan fingerprint density at radius 1 is 1.15 bits per heavy atom. The van der Waals surface area contributed by atoms with Gasteiger partial charge in [0.15, 0.2) is 0 Å². The van der Waals surface area contributed by atoms with Gasteiger partial charge in [0.25, 0.3) is 0 Å². The second-order valence-corrected chi connectivity index (χ2v) is 8.26. The maximum absolute atomic E-state index is 12.7. The maximum atomic E-state index is 12.7. The number of carbonyl (C=O) groups is 2. The van der Waals surface area contributed by atoms with E-state index in [2.05, 4.69) is 10.2 Å². The van der Waals surface area contributed by atoms with Crippen molar-refractivity contribution in [2.24, 2.45) is 5.92 Å². The van der Waals surface area contributed by atoms with Crippen molar-refractivity contribution in [2.45, 2.75) is 50.6 Å². The first kappa shape index (κ1) is 17.8. The molecule has 6 heteroatoms. The van der Waals surface area contributed by atoms with E-state index in [0.717, 1.165) is 23.4 Å². The molecule has 1 spiro atoms. The Morgan fingerprint density at radius 2 is 1.81 bits per heavy atom. The first-order chi connectivity index (χ1) is 12.6. The Bertz CT molecular complexity index is 677. The summed E-state index contributed by atoms with van der Waals surface area (Å²) in [6.07, 6.45) is 5.83. The number of benzene rings is 1. The molecule has 3 aliphatic rings. The third-order valence-electron chi connectivity index (χ3n) is 6.35. The van der Waals surface area contributed by atoms with Gasteiger partial charge in [-0.05, 0) is 43.4 Å². The van der Waals surface area contributed by atoms with Crippen LogP contribution in [0.2, 0.25) is 5.02 Å². The fraction of sp³-hybridized carbons (Fsp3) is 0.600. The molecule has 0 atom stereocenters. The topological polar surface area (TPSA) is 52.7 Å². The van der Waals surface area contributed by atoms with Crippen LogP contribution in [0.3, 0.4) is 0 Å². The third kappa shape index (κ3) is 3.23. The third-order valence-corrected chi connectivity index (χ3v) is 6.60. The first-order valence-electron chi connectivity index (χ1n) is 9.65. The van der Waals surface area contributed by atoms with Crippen molar-refractivity contribution in [1.82, 2.24) is 15.1 Å². The number of hydrogen-bond donors (Lipinski definition) is 1. The number of nitrogens with one attached hydrogen (secondary N) is 1. The van der Waals surface area contributed by atoms with Crippen LogP contribution in [0.1, 0.15) is 44.1 Å². The van der Waals surface area contributed by atoms with Crippen LogP contribution in [0.4, 0.5) is 0 Å². The van der Waals surface area contributed by atoms with Crippen LogP contribution in [0, 0.1) is 5.92 Å². The SMILES string of the molecule is O=C(C1CCCC1)N1CCC2(CC1)C(=O)NCN2Cc1ccc(Cl)cc1. The molecule has 2 amide bonds. The molecule has 0 radical (unpaired) electrons. The summed E-state index contributed by atoms with van der Waals surface area (Å²) in [6, 6.07) is 7.80. The molecule has 1 aliphatic carbocycles. The quantitative estimate of drug-likeness (QED) is 0.883. The number of halogens is 1. The summed E-state index contributed by atoms with van der Waals surface area (Å²) in [7, 11) is 0. The highest BCUT2D eigenvalue weighted by Gasteiger charge is 2.50. The molecule has 0 aromatic heterocycles. The molecule has 1 aromatic carbocycles. The molecular formula is C20H26ClN3O2. The van der Waals surface area contributed by atoms with Gasteiger partial charge in [0.1, 0.15) is 5.54 Å². The maximum Gasteiger partial charge on any atom is 0.241 e. The molecule has 2 saturated heterocycles. The lowest BCUT2D eigenvalue weighted by Gasteiger charge is -2.43. The Morgan fingerprint density at radius 3 is 2.46 bits per heavy atom. The van der Waals surface area contributed by atoms with E-state index in [1.807, 2.05) is 29.2 Å². The summed E-state index contributed by atoms with van der Waals surface area (Å²) in [5.41, 5.74) is 0.668. The smallest absolute Gasteiger partial charge is 0.241 e. The van der Waals surface area contributed by atoms with Crippen LogP contribution >= 0.6 is 11.6 Å². The van der Waals surface area contributed by atoms with Crippen molar-refractivity contribution in [3.8, 4) is 0 Å². The van der Waals surface area contributed by atoms with Gasteiger partial charge in [-0.3, -0.25) is 14.5 Å². The average molecular weight is 376 g/mol. The van der Waals surface area contributed by atoms with Crippen LogP contribution in [0.25, 0.3) is 0 Å². The van der Waals surface area contributed by atoms with E-state index in [-0.39, 0.29) is 11.8 Å². The number of likely N-dealkylation sites (tertiary alicyclic amines) is 1. The van der Waals surface area contributed by atoms with E-state index >= 15 is 0 Å². The van der Waals surface area contributed by atoms with Gasteiger partial charge in [0.2, 0.25) is 11.8 Å². The molecule has 1 N–H and O–H groups in total. The van der Waals surface area contributed by atoms with Gasteiger partial charge < -0.3 is 10.2 Å². The van der Waals surface area contributed by atoms with Crippen LogP contribution < -0.4 is 5.32 Å². The lowest BCUT2D eigenvalue weighted by atomic mass is 9.85. The fourth-order valence-corrected chi connectivity index (χ4v) is 4.84. The summed E-state index contributed by atoms with van der Waals surface area (Å²) in [4.78, 5) is 29.6. The highest BCUT2D eigenvalue weighted by atomic mass is 35.5. The average Bonchev–Trinajstić information content (AvgIpc) is 3.29. The summed E-state index contributed by atoms with van der Waals surface area (Å²) in [6.45, 7) is 2.64. The van der Waals surface area contributed by atoms with Gasteiger partial charge in [-0.25, -0.2) is 0 Å². The number of carbonyl (C=O) groups excluding carboxylic acids is 2. The molecule has 0 bridgehead atoms. The van der Waals surface area contributed by atoms with Gasteiger partial charge in [-0.1, -0.05) is 36.6 Å². The van der Waals surface area contributed by atoms with E-state index in [9.17, 15) is 9.59 Å². The number of nitrogens with zero attached hydrogens (tertiary/aromatic N) is 2. The van der Waals surface area contributed by atoms with Crippen LogP contribution in [-0.2, 0) is 16.1 Å². The van der Waals surface area contributed by atoms with E-state index in [4.69, 9.17) is 11.6 Å². The highest BCUT2D eigenvalue weighted by Crippen LogP contribution is 2.35. The van der Waals surface area contributed by atoms with Gasteiger partial charge in [0, 0.05) is 30.6 Å². The Kier molecular flexibility index (Phi) is 4.93. The molecule has 3 fully saturated rings. The Labute approximate surface area is 159 Å². The van der Waals surface area contributed by atoms with Crippen molar-refractivity contribution in [3.63, 3.8) is 0 Å². The number of piperidine rings is 1. The minimum atomic E-state index is -0.480. The van der Waals surface area contributed by atoms with Gasteiger partial charge >= 0.3 is 0 Å². The van der Waals surface area contributed by atoms with Gasteiger partial charge in [-0.2, -0.15) is 0 Å². The second kappa shape index (κ2) is 7.20. The minimum Gasteiger partial charge on any atom is -0.342 e. The van der Waals surface area contributed by atoms with Crippen molar-refractivity contribution in [3.05, 3.63) is 34.9 Å². The van der Waals surface area contributed by atoms with Crippen molar-refractivity contribution >= 4 is 23.4 Å². The second-order valence-electron chi connectivity index (χ2n) is 7.83. The van der Waals surface area contributed by atoms with Crippen molar-refractivity contribution in [1.29, 1.82) is 0 Å². The summed E-state index contributed by atoms with van der Waals surface area (Å²) in [5.74, 6) is 0.631. The van der Waals surface area contributed by atoms with E-state index in [1.54, 1.807) is 0 Å². The Hall–Kier alpha value is -1.59. The largest absolute Gasteiger partial charge is 0.342 e. The van der Waals surface area contributed by atoms with Crippen molar-refractivity contribution < 1.29 is 9.59 Å². The van der Waals surface area contributed by atoms with Gasteiger partial charge in [-0.15, -0.1) is 0 Å². The normalized spacial score (nSPS) is 23.6. The first-order valence-corrected chi connectivity index (χ1v) is 10.0. The number of rotatable bonds is 3. The molecule has 1 saturated carbocycles. The Balaban J connectivity index is 1.43. The lowest BCUT2D eigenvalue weighted by molar-refractivity contribution is -0.141. The molecule has 140 valence electrons. The summed E-state index contributed by atoms with van der Waals surface area (Å²) >= 11 is 5.98. The van der Waals surface area contributed by atoms with E-state index < -0.39 is 5.54 Å². The molecule has 0 unspecified atom stereocenters. The zero-order chi connectivity index (χ0) is 18.1. The number of amides is 2. The summed E-state index contributed by atoms with van der Waals surface area (Å²) < 4.78 is 0. The molecule has 1 aromatic rings. The van der Waals surface area contributed by atoms with Crippen LogP contribution in [0.15, 0.2) is 24.3 Å². The van der Waals surface area contributed by atoms with Crippen LogP contribution in [0.5, 0.6) is 0 Å². The zero-order valence-electron chi connectivity index (χ0n) is 15.0. The molecule has 4 rings (SSSR count). The number of hydrogen-bond acceptors (Lipinski definition) is 3. The van der Waals surface area contributed by atoms with Crippen molar-refractivity contribution in [2.75, 3.05) is 19.8 Å². The molecular weight excluding hydrogens is 350 g/mol. The monoisotopic (exact) mass is 375 g/mol. The van der Waals surface area contributed by atoms with E-state index in [1.165, 1.54) is 12.8 Å². The molecule has 2 heterocycles.